The average molecular weight is 529 g/mol. The minimum atomic E-state index is -0.560. The third kappa shape index (κ3) is 5.26. The van der Waals surface area contributed by atoms with Crippen molar-refractivity contribution in [3.63, 3.8) is 0 Å². The van der Waals surface area contributed by atoms with Crippen molar-refractivity contribution in [3.8, 4) is 21.8 Å². The van der Waals surface area contributed by atoms with Crippen molar-refractivity contribution in [1.82, 2.24) is 25.5 Å². The molecule has 4 aromatic rings. The summed E-state index contributed by atoms with van der Waals surface area (Å²) in [4.78, 5) is 33.3. The van der Waals surface area contributed by atoms with Gasteiger partial charge >= 0.3 is 5.97 Å². The van der Waals surface area contributed by atoms with E-state index >= 15 is 0 Å². The van der Waals surface area contributed by atoms with Crippen molar-refractivity contribution < 1.29 is 14.3 Å². The fraction of sp³-hybridized carbons (Fsp3) is 0.286. The quantitative estimate of drug-likeness (QED) is 0.292. The van der Waals surface area contributed by atoms with Crippen LogP contribution in [0.3, 0.4) is 0 Å². The third-order valence-electron chi connectivity index (χ3n) is 6.58. The Morgan fingerprint density at radius 2 is 1.95 bits per heavy atom. The normalized spacial score (nSPS) is 15.1. The number of amidine groups is 1. The molecule has 9 nitrogen and oxygen atoms in total. The summed E-state index contributed by atoms with van der Waals surface area (Å²) in [5.74, 6) is 0.917. The van der Waals surface area contributed by atoms with Crippen molar-refractivity contribution in [1.29, 1.82) is 0 Å². The molecule has 0 fully saturated rings. The van der Waals surface area contributed by atoms with Gasteiger partial charge in [0.25, 0.3) is 5.91 Å². The number of nitrogens with zero attached hydrogens (tertiary/aromatic N) is 5. The molecule has 38 heavy (non-hydrogen) atoms. The van der Waals surface area contributed by atoms with Crippen LogP contribution in [0.2, 0.25) is 0 Å². The molecule has 0 radical (unpaired) electrons. The fourth-order valence-electron chi connectivity index (χ4n) is 4.60. The molecule has 1 atom stereocenters. The zero-order valence-corrected chi connectivity index (χ0v) is 22.1. The molecule has 1 amide bonds. The number of aromatic nitrogens is 4. The predicted molar refractivity (Wildman–Crippen MR) is 146 cm³/mol. The smallest absolute Gasteiger partial charge is 0.338 e. The molecule has 10 heteroatoms. The molecule has 1 aliphatic heterocycles. The molecule has 0 aliphatic carbocycles. The summed E-state index contributed by atoms with van der Waals surface area (Å²) < 4.78 is 4.93. The van der Waals surface area contributed by atoms with Crippen LogP contribution in [0.5, 0.6) is 0 Å². The molecule has 0 saturated heterocycles. The minimum absolute atomic E-state index is 0.0444. The van der Waals surface area contributed by atoms with Crippen LogP contribution < -0.4 is 0 Å². The first-order valence-electron chi connectivity index (χ1n) is 12.5. The fourth-order valence-corrected chi connectivity index (χ4v) is 5.45. The van der Waals surface area contributed by atoms with Gasteiger partial charge in [0.15, 0.2) is 0 Å². The van der Waals surface area contributed by atoms with Crippen LogP contribution in [-0.4, -0.2) is 56.4 Å². The number of methoxy groups -OCH3 is 1. The second kappa shape index (κ2) is 11.5. The lowest BCUT2D eigenvalue weighted by atomic mass is 10.00. The number of carbonyl (C=O) groups excluding carboxylic acids is 2. The number of unbranched alkanes of at least 4 members (excludes halogenated alkanes) is 1. The van der Waals surface area contributed by atoms with Crippen LogP contribution >= 0.6 is 11.3 Å². The van der Waals surface area contributed by atoms with Crippen LogP contribution in [0.4, 0.5) is 0 Å². The Morgan fingerprint density at radius 3 is 2.68 bits per heavy atom. The number of aliphatic imine (C=N–C) groups is 1. The van der Waals surface area contributed by atoms with Gasteiger partial charge in [-0.05, 0) is 45.8 Å². The zero-order valence-electron chi connectivity index (χ0n) is 21.3. The van der Waals surface area contributed by atoms with Crippen LogP contribution in [-0.2, 0) is 22.5 Å². The maximum absolute atomic E-state index is 13.5. The highest BCUT2D eigenvalue weighted by Crippen LogP contribution is 2.35. The number of aromatic amines is 1. The SMILES string of the molecule is CCCCC1=NC(Cc2ccccc2C(=O)OC)C(=O)N1Cc1ccc(-c2ccsc2-c2nn[nH]n2)cc1. The molecule has 194 valence electrons. The van der Waals surface area contributed by atoms with Crippen molar-refractivity contribution in [2.75, 3.05) is 7.11 Å². The van der Waals surface area contributed by atoms with E-state index in [9.17, 15) is 9.59 Å². The number of ether oxygens (including phenoxy) is 1. The van der Waals surface area contributed by atoms with Gasteiger partial charge in [-0.15, -0.1) is 21.5 Å². The van der Waals surface area contributed by atoms with Crippen LogP contribution in [0.1, 0.15) is 47.7 Å². The van der Waals surface area contributed by atoms with Crippen molar-refractivity contribution in [3.05, 3.63) is 76.7 Å². The van der Waals surface area contributed by atoms with Crippen LogP contribution in [0, 0.1) is 0 Å². The predicted octanol–water partition coefficient (Wildman–Crippen LogP) is 4.92. The number of esters is 1. The second-order valence-electron chi connectivity index (χ2n) is 9.04. The molecule has 2 aromatic heterocycles. The topological polar surface area (TPSA) is 113 Å². The maximum atomic E-state index is 13.5. The number of H-pyrrole nitrogens is 1. The van der Waals surface area contributed by atoms with E-state index in [1.165, 1.54) is 7.11 Å². The lowest BCUT2D eigenvalue weighted by Crippen LogP contribution is -2.35. The molecular weight excluding hydrogens is 500 g/mol. The summed E-state index contributed by atoms with van der Waals surface area (Å²) >= 11 is 1.56. The van der Waals surface area contributed by atoms with Gasteiger partial charge in [-0.1, -0.05) is 55.8 Å². The van der Waals surface area contributed by atoms with E-state index in [1.54, 1.807) is 28.4 Å². The van der Waals surface area contributed by atoms with Gasteiger partial charge in [0.1, 0.15) is 11.9 Å². The maximum Gasteiger partial charge on any atom is 0.338 e. The minimum Gasteiger partial charge on any atom is -0.465 e. The number of carbonyl (C=O) groups is 2. The summed E-state index contributed by atoms with van der Waals surface area (Å²) in [6, 6.07) is 16.9. The number of tetrazole rings is 1. The number of rotatable bonds is 10. The highest BCUT2D eigenvalue weighted by Gasteiger charge is 2.34. The second-order valence-corrected chi connectivity index (χ2v) is 9.95. The summed E-state index contributed by atoms with van der Waals surface area (Å²) in [5, 5.41) is 16.4. The van der Waals surface area contributed by atoms with Crippen molar-refractivity contribution in [2.45, 2.75) is 45.2 Å². The lowest BCUT2D eigenvalue weighted by molar-refractivity contribution is -0.127. The molecule has 0 saturated carbocycles. The van der Waals surface area contributed by atoms with Gasteiger partial charge in [0.05, 0.1) is 24.1 Å². The number of amides is 1. The summed E-state index contributed by atoms with van der Waals surface area (Å²) in [6.45, 7) is 2.57. The van der Waals surface area contributed by atoms with Crippen molar-refractivity contribution >= 4 is 29.0 Å². The van der Waals surface area contributed by atoms with E-state index in [0.717, 1.165) is 52.2 Å². The standard InChI is InChI=1S/C28H28N6O3S/c1-3-4-9-24-29-23(16-20-7-5-6-8-22(20)28(36)37-2)27(35)34(24)17-18-10-12-19(13-11-18)21-14-15-38-25(21)26-30-32-33-31-26/h5-8,10-15,23H,3-4,9,16-17H2,1-2H3,(H,30,31,32,33). The van der Waals surface area contributed by atoms with Crippen LogP contribution in [0.25, 0.3) is 21.8 Å². The number of nitrogens with one attached hydrogen (secondary N) is 1. The summed E-state index contributed by atoms with van der Waals surface area (Å²) in [5.41, 5.74) is 4.32. The highest BCUT2D eigenvalue weighted by atomic mass is 32.1. The largest absolute Gasteiger partial charge is 0.465 e. The Hall–Kier alpha value is -4.18. The molecule has 1 aliphatic rings. The van der Waals surface area contributed by atoms with E-state index in [4.69, 9.17) is 9.73 Å². The average Bonchev–Trinajstić information content (AvgIpc) is 3.70. The number of benzene rings is 2. The van der Waals surface area contributed by atoms with Gasteiger partial charge < -0.3 is 4.74 Å². The molecule has 0 bridgehead atoms. The molecule has 0 spiro atoms. The number of thiophene rings is 1. The Morgan fingerprint density at radius 1 is 1.13 bits per heavy atom. The third-order valence-corrected chi connectivity index (χ3v) is 7.49. The Bertz CT molecular complexity index is 1450. The monoisotopic (exact) mass is 528 g/mol. The molecule has 1 unspecified atom stereocenters. The Balaban J connectivity index is 1.35. The highest BCUT2D eigenvalue weighted by molar-refractivity contribution is 7.14. The first kappa shape index (κ1) is 25.5. The molecular formula is C28H28N6O3S. The zero-order chi connectivity index (χ0) is 26.5. The van der Waals surface area contributed by atoms with Gasteiger partial charge in [-0.2, -0.15) is 5.21 Å². The Labute approximate surface area is 224 Å². The van der Waals surface area contributed by atoms with E-state index in [2.05, 4.69) is 39.7 Å². The first-order chi connectivity index (χ1) is 18.6. The number of hydrogen-bond donors (Lipinski definition) is 1. The first-order valence-corrected chi connectivity index (χ1v) is 13.4. The molecule has 1 N–H and O–H groups in total. The number of hydrogen-bond acceptors (Lipinski definition) is 8. The van der Waals surface area contributed by atoms with Gasteiger partial charge in [0.2, 0.25) is 5.82 Å². The lowest BCUT2D eigenvalue weighted by Gasteiger charge is -2.20. The van der Waals surface area contributed by atoms with E-state index < -0.39 is 12.0 Å². The van der Waals surface area contributed by atoms with E-state index in [-0.39, 0.29) is 5.91 Å². The van der Waals surface area contributed by atoms with Gasteiger partial charge in [-0.25, -0.2) is 4.79 Å². The van der Waals surface area contributed by atoms with Crippen molar-refractivity contribution in [2.24, 2.45) is 4.99 Å². The Kier molecular flexibility index (Phi) is 7.69. The summed E-state index contributed by atoms with van der Waals surface area (Å²) in [6.07, 6.45) is 3.05. The molecule has 2 aromatic carbocycles. The van der Waals surface area contributed by atoms with E-state index in [0.29, 0.717) is 24.4 Å². The van der Waals surface area contributed by atoms with E-state index in [1.807, 2.05) is 35.7 Å². The molecule has 5 rings (SSSR count). The van der Waals surface area contributed by atoms with Crippen LogP contribution in [0.15, 0.2) is 65.0 Å². The van der Waals surface area contributed by atoms with Gasteiger partial charge in [-0.3, -0.25) is 14.7 Å². The summed E-state index contributed by atoms with van der Waals surface area (Å²) in [7, 11) is 1.36. The molecule has 3 heterocycles. The van der Waals surface area contributed by atoms with Gasteiger partial charge in [0, 0.05) is 18.4 Å².